The highest BCUT2D eigenvalue weighted by Crippen LogP contribution is 2.34. The molecule has 0 aliphatic rings. The van der Waals surface area contributed by atoms with Crippen molar-refractivity contribution in [1.29, 1.82) is 0 Å². The van der Waals surface area contributed by atoms with Gasteiger partial charge in [-0.3, -0.25) is 0 Å². The highest BCUT2D eigenvalue weighted by Gasteiger charge is 2.14. The highest BCUT2D eigenvalue weighted by molar-refractivity contribution is 8.03. The van der Waals surface area contributed by atoms with Gasteiger partial charge in [0.1, 0.15) is 16.7 Å². The first-order chi connectivity index (χ1) is 9.01. The summed E-state index contributed by atoms with van der Waals surface area (Å²) in [6, 6.07) is 0. The van der Waals surface area contributed by atoms with Gasteiger partial charge in [0.05, 0.1) is 0 Å². The van der Waals surface area contributed by atoms with Gasteiger partial charge < -0.3 is 5.73 Å². The van der Waals surface area contributed by atoms with Crippen molar-refractivity contribution in [3.05, 3.63) is 11.4 Å². The predicted octanol–water partition coefficient (Wildman–Crippen LogP) is 3.22. The zero-order valence-electron chi connectivity index (χ0n) is 11.2. The fourth-order valence-electron chi connectivity index (χ4n) is 1.29. The van der Waals surface area contributed by atoms with Gasteiger partial charge >= 0.3 is 0 Å². The molecular weight excluding hydrogens is 298 g/mol. The molecule has 19 heavy (non-hydrogen) atoms. The molecule has 0 saturated carbocycles. The minimum absolute atomic E-state index is 0.249. The van der Waals surface area contributed by atoms with E-state index in [0.29, 0.717) is 5.82 Å². The number of hydrogen-bond acceptors (Lipinski definition) is 8. The number of anilines is 1. The Balaban J connectivity index is 2.33. The van der Waals surface area contributed by atoms with Crippen molar-refractivity contribution in [1.82, 2.24) is 20.2 Å². The monoisotopic (exact) mass is 313 g/mol. The van der Waals surface area contributed by atoms with Crippen molar-refractivity contribution in [2.75, 3.05) is 12.0 Å². The molecule has 0 unspecified atom stereocenters. The van der Waals surface area contributed by atoms with Crippen LogP contribution in [0, 0.1) is 6.92 Å². The molecule has 2 aromatic rings. The van der Waals surface area contributed by atoms with Crippen LogP contribution in [0.2, 0.25) is 0 Å². The Bertz CT molecular complexity index is 582. The first-order valence-corrected chi connectivity index (χ1v) is 8.56. The molecule has 0 aliphatic heterocycles. The largest absolute Gasteiger partial charge is 0.383 e. The van der Waals surface area contributed by atoms with Crippen molar-refractivity contribution in [3.8, 4) is 0 Å². The molecule has 0 spiro atoms. The van der Waals surface area contributed by atoms with Gasteiger partial charge in [0.25, 0.3) is 0 Å². The maximum absolute atomic E-state index is 5.94. The van der Waals surface area contributed by atoms with Gasteiger partial charge in [-0.05, 0) is 24.9 Å². The van der Waals surface area contributed by atoms with Gasteiger partial charge in [0, 0.05) is 11.5 Å². The van der Waals surface area contributed by atoms with Crippen molar-refractivity contribution in [2.45, 2.75) is 40.4 Å². The number of nitrogen functional groups attached to an aromatic ring is 1. The number of hydrogen-bond donors (Lipinski definition) is 1. The molecule has 2 heterocycles. The molecular formula is C11H15N5S3. The quantitative estimate of drug-likeness (QED) is 0.686. The number of thioether (sulfide) groups is 1. The molecule has 2 rings (SSSR count). The van der Waals surface area contributed by atoms with E-state index in [4.69, 9.17) is 5.73 Å². The lowest BCUT2D eigenvalue weighted by molar-refractivity contribution is 0.751. The topological polar surface area (TPSA) is 77.6 Å². The normalized spacial score (nSPS) is 11.2. The highest BCUT2D eigenvalue weighted by atomic mass is 32.2. The molecule has 0 fully saturated rings. The summed E-state index contributed by atoms with van der Waals surface area (Å²) in [5.41, 5.74) is 6.84. The summed E-state index contributed by atoms with van der Waals surface area (Å²) >= 11 is 4.65. The maximum Gasteiger partial charge on any atom is 0.181 e. The van der Waals surface area contributed by atoms with Gasteiger partial charge in [-0.25, -0.2) is 9.97 Å². The molecule has 0 saturated heterocycles. The lowest BCUT2D eigenvalue weighted by Crippen LogP contribution is -2.05. The van der Waals surface area contributed by atoms with Gasteiger partial charge in [-0.1, -0.05) is 36.9 Å². The maximum atomic E-state index is 5.94. The average Bonchev–Trinajstić information content (AvgIpc) is 2.82. The first-order valence-electron chi connectivity index (χ1n) is 5.70. The SMILES string of the molecule is CSc1nnc(Sc2nc(C(C)C)nc(N)c2C)s1. The van der Waals surface area contributed by atoms with E-state index in [1.165, 1.54) is 11.8 Å². The summed E-state index contributed by atoms with van der Waals surface area (Å²) in [6.45, 7) is 6.03. The Morgan fingerprint density at radius 1 is 1.16 bits per heavy atom. The summed E-state index contributed by atoms with van der Waals surface area (Å²) < 4.78 is 1.83. The fraction of sp³-hybridized carbons (Fsp3) is 0.455. The lowest BCUT2D eigenvalue weighted by Gasteiger charge is -2.10. The van der Waals surface area contributed by atoms with Crippen molar-refractivity contribution >= 4 is 40.7 Å². The molecule has 2 N–H and O–H groups in total. The summed E-state index contributed by atoms with van der Waals surface area (Å²) in [5.74, 6) is 1.55. The van der Waals surface area contributed by atoms with Gasteiger partial charge in [-0.15, -0.1) is 10.2 Å². The third-order valence-electron chi connectivity index (χ3n) is 2.42. The summed E-state index contributed by atoms with van der Waals surface area (Å²) in [4.78, 5) is 8.88. The standard InChI is InChI=1S/C11H15N5S3/c1-5(2)8-13-7(12)6(3)9(14-8)18-11-16-15-10(17-4)19-11/h5H,1-4H3,(H2,12,13,14). The second kappa shape index (κ2) is 6.06. The molecule has 5 nitrogen and oxygen atoms in total. The van der Waals surface area contributed by atoms with Crippen LogP contribution in [-0.2, 0) is 0 Å². The van der Waals surface area contributed by atoms with Crippen LogP contribution in [-0.4, -0.2) is 26.4 Å². The summed E-state index contributed by atoms with van der Waals surface area (Å²) in [5, 5.41) is 9.07. The zero-order chi connectivity index (χ0) is 14.0. The second-order valence-corrected chi connectivity index (χ2v) is 7.46. The van der Waals surface area contributed by atoms with Gasteiger partial charge in [-0.2, -0.15) is 0 Å². The van der Waals surface area contributed by atoms with E-state index in [0.717, 1.165) is 25.1 Å². The molecule has 2 aromatic heterocycles. The Morgan fingerprint density at radius 3 is 2.42 bits per heavy atom. The Labute approximate surface area is 124 Å². The van der Waals surface area contributed by atoms with Crippen LogP contribution in [0.1, 0.15) is 31.2 Å². The van der Waals surface area contributed by atoms with Crippen LogP contribution in [0.3, 0.4) is 0 Å². The first kappa shape index (κ1) is 14.5. The van der Waals surface area contributed by atoms with E-state index in [-0.39, 0.29) is 5.92 Å². The Morgan fingerprint density at radius 2 is 1.84 bits per heavy atom. The molecule has 0 radical (unpaired) electrons. The minimum Gasteiger partial charge on any atom is -0.383 e. The van der Waals surface area contributed by atoms with Gasteiger partial charge in [0.2, 0.25) is 0 Å². The van der Waals surface area contributed by atoms with E-state index in [1.807, 2.05) is 13.2 Å². The van der Waals surface area contributed by atoms with E-state index in [9.17, 15) is 0 Å². The fourth-order valence-corrected chi connectivity index (χ4v) is 3.74. The third-order valence-corrected chi connectivity index (χ3v) is 5.46. The van der Waals surface area contributed by atoms with E-state index in [2.05, 4.69) is 34.0 Å². The molecule has 0 atom stereocenters. The predicted molar refractivity (Wildman–Crippen MR) is 81.1 cm³/mol. The lowest BCUT2D eigenvalue weighted by atomic mass is 10.2. The van der Waals surface area contributed by atoms with Crippen LogP contribution in [0.25, 0.3) is 0 Å². The van der Waals surface area contributed by atoms with E-state index < -0.39 is 0 Å². The molecule has 102 valence electrons. The number of rotatable bonds is 4. The van der Waals surface area contributed by atoms with Crippen LogP contribution >= 0.6 is 34.9 Å². The number of aromatic nitrogens is 4. The Kier molecular flexibility index (Phi) is 4.64. The Hall–Kier alpha value is -0.860. The summed E-state index contributed by atoms with van der Waals surface area (Å²) in [6.07, 6.45) is 1.99. The summed E-state index contributed by atoms with van der Waals surface area (Å²) in [7, 11) is 0. The smallest absolute Gasteiger partial charge is 0.181 e. The van der Waals surface area contributed by atoms with E-state index >= 15 is 0 Å². The van der Waals surface area contributed by atoms with Crippen LogP contribution < -0.4 is 5.73 Å². The molecule has 0 aliphatic carbocycles. The van der Waals surface area contributed by atoms with Crippen LogP contribution in [0.5, 0.6) is 0 Å². The second-order valence-electron chi connectivity index (χ2n) is 4.19. The van der Waals surface area contributed by atoms with Crippen molar-refractivity contribution in [3.63, 3.8) is 0 Å². The van der Waals surface area contributed by atoms with Crippen LogP contribution in [0.15, 0.2) is 13.7 Å². The minimum atomic E-state index is 0.249. The number of nitrogens with two attached hydrogens (primary N) is 1. The van der Waals surface area contributed by atoms with Crippen molar-refractivity contribution < 1.29 is 0 Å². The number of nitrogens with zero attached hydrogens (tertiary/aromatic N) is 4. The van der Waals surface area contributed by atoms with E-state index in [1.54, 1.807) is 23.1 Å². The zero-order valence-corrected chi connectivity index (χ0v) is 13.6. The van der Waals surface area contributed by atoms with Gasteiger partial charge in [0.15, 0.2) is 8.68 Å². The average molecular weight is 313 g/mol. The molecule has 8 heteroatoms. The third kappa shape index (κ3) is 3.37. The molecule has 0 bridgehead atoms. The molecule has 0 amide bonds. The van der Waals surface area contributed by atoms with Crippen molar-refractivity contribution in [2.24, 2.45) is 0 Å². The molecule has 0 aromatic carbocycles. The van der Waals surface area contributed by atoms with Crippen LogP contribution in [0.4, 0.5) is 5.82 Å².